The van der Waals surface area contributed by atoms with Crippen LogP contribution in [0.5, 0.6) is 5.75 Å². The summed E-state index contributed by atoms with van der Waals surface area (Å²) in [6.45, 7) is 0.739. The summed E-state index contributed by atoms with van der Waals surface area (Å²) in [6.07, 6.45) is -1.13. The summed E-state index contributed by atoms with van der Waals surface area (Å²) in [5.41, 5.74) is 6.25. The first-order chi connectivity index (χ1) is 20.5. The third-order valence-electron chi connectivity index (χ3n) is 7.24. The minimum absolute atomic E-state index is 0.0718. The third kappa shape index (κ3) is 7.14. The van der Waals surface area contributed by atoms with E-state index in [9.17, 15) is 19.5 Å². The van der Waals surface area contributed by atoms with Gasteiger partial charge in [0.1, 0.15) is 25.0 Å². The van der Waals surface area contributed by atoms with Crippen LogP contribution in [0.4, 0.5) is 4.79 Å². The fourth-order valence-corrected chi connectivity index (χ4v) is 5.08. The Morgan fingerprint density at radius 2 is 1.38 bits per heavy atom. The summed E-state index contributed by atoms with van der Waals surface area (Å²) in [6, 6.07) is 32.1. The molecule has 0 aliphatic heterocycles. The molecule has 8 heteroatoms. The Bertz CT molecular complexity index is 1490. The average Bonchev–Trinajstić information content (AvgIpc) is 3.34. The van der Waals surface area contributed by atoms with Crippen molar-refractivity contribution in [2.75, 3.05) is 6.61 Å². The molecular weight excluding hydrogens is 532 g/mol. The van der Waals surface area contributed by atoms with Crippen molar-refractivity contribution < 1.29 is 29.0 Å². The van der Waals surface area contributed by atoms with Crippen LogP contribution >= 0.6 is 0 Å². The first-order valence-corrected chi connectivity index (χ1v) is 13.8. The molecule has 0 saturated carbocycles. The third-order valence-corrected chi connectivity index (χ3v) is 7.24. The smallest absolute Gasteiger partial charge is 0.407 e. The van der Waals surface area contributed by atoms with Gasteiger partial charge in [-0.15, -0.1) is 0 Å². The molecule has 214 valence electrons. The van der Waals surface area contributed by atoms with Crippen LogP contribution < -0.4 is 15.4 Å². The fraction of sp³-hybridized carbons (Fsp3) is 0.206. The van der Waals surface area contributed by atoms with Crippen LogP contribution in [0.3, 0.4) is 0 Å². The molecule has 0 heterocycles. The zero-order chi connectivity index (χ0) is 29.3. The molecule has 0 saturated heterocycles. The predicted octanol–water partition coefficient (Wildman–Crippen LogP) is 5.65. The van der Waals surface area contributed by atoms with Gasteiger partial charge >= 0.3 is 12.1 Å². The number of ether oxygens (including phenoxy) is 2. The Balaban J connectivity index is 1.15. The summed E-state index contributed by atoms with van der Waals surface area (Å²) in [5.74, 6) is -0.985. The molecule has 42 heavy (non-hydrogen) atoms. The molecule has 0 fully saturated rings. The lowest BCUT2D eigenvalue weighted by atomic mass is 9.98. The van der Waals surface area contributed by atoms with E-state index in [0.717, 1.165) is 33.4 Å². The number of benzene rings is 4. The number of alkyl carbamates (subject to hydrolysis) is 1. The van der Waals surface area contributed by atoms with Gasteiger partial charge in [0.25, 0.3) is 0 Å². The molecule has 2 amide bonds. The number of rotatable bonds is 12. The van der Waals surface area contributed by atoms with Crippen molar-refractivity contribution in [1.29, 1.82) is 0 Å². The Labute approximate surface area is 244 Å². The highest BCUT2D eigenvalue weighted by atomic mass is 16.5. The number of carbonyl (C=O) groups excluding carboxylic acids is 2. The molecule has 0 aromatic heterocycles. The summed E-state index contributed by atoms with van der Waals surface area (Å²) in [4.78, 5) is 37.0. The second-order valence-electron chi connectivity index (χ2n) is 10.1. The predicted molar refractivity (Wildman–Crippen MR) is 158 cm³/mol. The molecule has 5 rings (SSSR count). The van der Waals surface area contributed by atoms with Gasteiger partial charge in [-0.25, -0.2) is 4.79 Å². The van der Waals surface area contributed by atoms with E-state index in [2.05, 4.69) is 10.6 Å². The molecule has 3 N–H and O–H groups in total. The van der Waals surface area contributed by atoms with Crippen LogP contribution in [0.25, 0.3) is 11.1 Å². The van der Waals surface area contributed by atoms with E-state index in [1.807, 2.05) is 103 Å². The molecule has 1 atom stereocenters. The van der Waals surface area contributed by atoms with Gasteiger partial charge in [-0.2, -0.15) is 0 Å². The molecule has 8 nitrogen and oxygen atoms in total. The van der Waals surface area contributed by atoms with Crippen molar-refractivity contribution >= 4 is 18.0 Å². The molecule has 0 bridgehead atoms. The first-order valence-electron chi connectivity index (χ1n) is 13.8. The van der Waals surface area contributed by atoms with Gasteiger partial charge < -0.3 is 25.2 Å². The lowest BCUT2D eigenvalue weighted by Crippen LogP contribution is -2.47. The number of fused-ring (bicyclic) bond motifs is 3. The largest absolute Gasteiger partial charge is 0.489 e. The van der Waals surface area contributed by atoms with Crippen molar-refractivity contribution in [1.82, 2.24) is 10.6 Å². The number of amides is 2. The summed E-state index contributed by atoms with van der Waals surface area (Å²) < 4.78 is 11.4. The van der Waals surface area contributed by atoms with Gasteiger partial charge in [0.05, 0.1) is 0 Å². The number of carboxylic acid groups (broad SMARTS) is 1. The number of aliphatic carboxylic acids is 1. The number of hydrogen-bond acceptors (Lipinski definition) is 5. The van der Waals surface area contributed by atoms with E-state index in [4.69, 9.17) is 9.47 Å². The summed E-state index contributed by atoms with van der Waals surface area (Å²) >= 11 is 0. The molecule has 0 spiro atoms. The Kier molecular flexibility index (Phi) is 9.13. The van der Waals surface area contributed by atoms with E-state index < -0.39 is 24.0 Å². The van der Waals surface area contributed by atoms with Crippen molar-refractivity contribution in [2.45, 2.75) is 38.0 Å². The highest BCUT2D eigenvalue weighted by molar-refractivity contribution is 5.86. The Hall–Kier alpha value is -5.11. The Morgan fingerprint density at radius 3 is 2.02 bits per heavy atom. The Morgan fingerprint density at radius 1 is 0.762 bits per heavy atom. The number of carbonyl (C=O) groups is 3. The molecule has 0 radical (unpaired) electrons. The van der Waals surface area contributed by atoms with Crippen LogP contribution in [0, 0.1) is 0 Å². The monoisotopic (exact) mass is 564 g/mol. The quantitative estimate of drug-likeness (QED) is 0.205. The molecular formula is C34H32N2O6. The van der Waals surface area contributed by atoms with Gasteiger partial charge in [-0.1, -0.05) is 91.0 Å². The average molecular weight is 565 g/mol. The zero-order valence-corrected chi connectivity index (χ0v) is 23.0. The molecule has 1 aliphatic carbocycles. The van der Waals surface area contributed by atoms with E-state index >= 15 is 0 Å². The van der Waals surface area contributed by atoms with Crippen molar-refractivity contribution in [3.8, 4) is 16.9 Å². The van der Waals surface area contributed by atoms with Gasteiger partial charge in [0.2, 0.25) is 5.91 Å². The van der Waals surface area contributed by atoms with E-state index in [1.165, 1.54) is 0 Å². The minimum atomic E-state index is -1.06. The maximum Gasteiger partial charge on any atom is 0.407 e. The van der Waals surface area contributed by atoms with Gasteiger partial charge in [0.15, 0.2) is 0 Å². The molecule has 4 aromatic carbocycles. The van der Waals surface area contributed by atoms with Gasteiger partial charge in [0, 0.05) is 18.9 Å². The van der Waals surface area contributed by atoms with Crippen molar-refractivity contribution in [2.24, 2.45) is 0 Å². The molecule has 1 aliphatic rings. The second kappa shape index (κ2) is 13.5. The van der Waals surface area contributed by atoms with E-state index in [0.29, 0.717) is 12.4 Å². The van der Waals surface area contributed by atoms with Crippen LogP contribution in [0.1, 0.15) is 41.0 Å². The topological polar surface area (TPSA) is 114 Å². The van der Waals surface area contributed by atoms with Gasteiger partial charge in [-0.05, 0) is 51.9 Å². The standard InChI is InChI=1S/C34H32N2O6/c37-32(38)19-18-31(33(39)35-20-23-14-16-25(17-15-23)41-21-24-8-2-1-3-9-24)36-34(40)42-22-30-28-12-6-4-10-26(28)27-11-5-7-13-29(27)30/h1-17,30-31H,18-22H2,(H,35,39)(H,36,40)(H,37,38). The normalized spacial score (nSPS) is 12.5. The van der Waals surface area contributed by atoms with Crippen LogP contribution in [-0.4, -0.2) is 35.7 Å². The number of carboxylic acids is 1. The van der Waals surface area contributed by atoms with Crippen molar-refractivity contribution in [3.05, 3.63) is 125 Å². The molecule has 1 unspecified atom stereocenters. The number of hydrogen-bond donors (Lipinski definition) is 3. The highest BCUT2D eigenvalue weighted by Crippen LogP contribution is 2.44. The SMILES string of the molecule is O=C(O)CCC(NC(=O)OCC1c2ccccc2-c2ccccc21)C(=O)NCc1ccc(OCc2ccccc2)cc1. The van der Waals surface area contributed by atoms with Crippen LogP contribution in [-0.2, 0) is 27.5 Å². The minimum Gasteiger partial charge on any atom is -0.489 e. The lowest BCUT2D eigenvalue weighted by molar-refractivity contribution is -0.137. The summed E-state index contributed by atoms with van der Waals surface area (Å²) in [5, 5.41) is 14.5. The van der Waals surface area contributed by atoms with Crippen LogP contribution in [0.2, 0.25) is 0 Å². The fourth-order valence-electron chi connectivity index (χ4n) is 5.08. The number of nitrogens with one attached hydrogen (secondary N) is 2. The second-order valence-corrected chi connectivity index (χ2v) is 10.1. The van der Waals surface area contributed by atoms with Crippen molar-refractivity contribution in [3.63, 3.8) is 0 Å². The highest BCUT2D eigenvalue weighted by Gasteiger charge is 2.30. The zero-order valence-electron chi connectivity index (χ0n) is 23.0. The maximum atomic E-state index is 13.0. The maximum absolute atomic E-state index is 13.0. The molecule has 4 aromatic rings. The first kappa shape index (κ1) is 28.4. The summed E-state index contributed by atoms with van der Waals surface area (Å²) in [7, 11) is 0. The lowest BCUT2D eigenvalue weighted by Gasteiger charge is -2.19. The van der Waals surface area contributed by atoms with E-state index in [-0.39, 0.29) is 31.9 Å². The van der Waals surface area contributed by atoms with E-state index in [1.54, 1.807) is 0 Å². The van der Waals surface area contributed by atoms with Crippen LogP contribution in [0.15, 0.2) is 103 Å². The van der Waals surface area contributed by atoms with Gasteiger partial charge in [-0.3, -0.25) is 9.59 Å².